The van der Waals surface area contributed by atoms with Crippen LogP contribution in [0.5, 0.6) is 0 Å². The molecule has 94 valence electrons. The molecule has 0 bridgehead atoms. The van der Waals surface area contributed by atoms with E-state index in [-0.39, 0.29) is 17.5 Å². The van der Waals surface area contributed by atoms with E-state index in [0.29, 0.717) is 0 Å². The number of ketones is 2. The van der Waals surface area contributed by atoms with Gasteiger partial charge in [0.1, 0.15) is 6.61 Å². The highest BCUT2D eigenvalue weighted by atomic mass is 16.6. The Balaban J connectivity index is 2.50. The molecule has 0 amide bonds. The maximum atomic E-state index is 12.2. The Bertz CT molecular complexity index is 497. The van der Waals surface area contributed by atoms with Gasteiger partial charge < -0.3 is 9.84 Å². The number of carbonyl (C=O) groups is 3. The van der Waals surface area contributed by atoms with E-state index in [4.69, 9.17) is 9.84 Å². The normalized spacial score (nSPS) is 16.6. The lowest BCUT2D eigenvalue weighted by Crippen LogP contribution is -2.45. The fourth-order valence-electron chi connectivity index (χ4n) is 2.13. The molecule has 0 radical (unpaired) electrons. The van der Waals surface area contributed by atoms with E-state index in [0.717, 1.165) is 0 Å². The van der Waals surface area contributed by atoms with Crippen molar-refractivity contribution in [2.45, 2.75) is 18.9 Å². The molecule has 0 heterocycles. The summed E-state index contributed by atoms with van der Waals surface area (Å²) in [6.07, 6.45) is 0.0467. The SMILES string of the molecule is CCC1(OC(=O)CO)C(=O)c2ccccc2C1=O. The number of ether oxygens (including phenoxy) is 1. The van der Waals surface area contributed by atoms with E-state index in [1.165, 1.54) is 12.1 Å². The number of fused-ring (bicyclic) bond motifs is 1. The van der Waals surface area contributed by atoms with Gasteiger partial charge in [-0.15, -0.1) is 0 Å². The zero-order chi connectivity index (χ0) is 13.3. The fourth-order valence-corrected chi connectivity index (χ4v) is 2.13. The second-order valence-corrected chi connectivity index (χ2v) is 4.02. The van der Waals surface area contributed by atoms with Crippen LogP contribution < -0.4 is 0 Å². The van der Waals surface area contributed by atoms with Crippen LogP contribution in [0.15, 0.2) is 24.3 Å². The molecule has 0 fully saturated rings. The first-order valence-electron chi connectivity index (χ1n) is 5.58. The van der Waals surface area contributed by atoms with E-state index in [1.807, 2.05) is 0 Å². The van der Waals surface area contributed by atoms with Crippen LogP contribution in [0.4, 0.5) is 0 Å². The van der Waals surface area contributed by atoms with Crippen molar-refractivity contribution in [1.82, 2.24) is 0 Å². The first-order valence-corrected chi connectivity index (χ1v) is 5.58. The van der Waals surface area contributed by atoms with Crippen molar-refractivity contribution in [1.29, 1.82) is 0 Å². The molecule has 0 unspecified atom stereocenters. The van der Waals surface area contributed by atoms with E-state index < -0.39 is 29.7 Å². The van der Waals surface area contributed by atoms with Crippen molar-refractivity contribution < 1.29 is 24.2 Å². The van der Waals surface area contributed by atoms with Crippen LogP contribution in [0.25, 0.3) is 0 Å². The van der Waals surface area contributed by atoms with Gasteiger partial charge in [0.05, 0.1) is 0 Å². The molecule has 5 nitrogen and oxygen atoms in total. The van der Waals surface area contributed by atoms with E-state index >= 15 is 0 Å². The van der Waals surface area contributed by atoms with Crippen LogP contribution in [-0.2, 0) is 9.53 Å². The summed E-state index contributed by atoms with van der Waals surface area (Å²) >= 11 is 0. The fraction of sp³-hybridized carbons (Fsp3) is 0.308. The molecule has 1 N–H and O–H groups in total. The summed E-state index contributed by atoms with van der Waals surface area (Å²) < 4.78 is 4.92. The maximum absolute atomic E-state index is 12.2. The quantitative estimate of drug-likeness (QED) is 0.630. The lowest BCUT2D eigenvalue weighted by molar-refractivity contribution is -0.155. The summed E-state index contributed by atoms with van der Waals surface area (Å²) in [7, 11) is 0. The minimum atomic E-state index is -1.80. The van der Waals surface area contributed by atoms with Gasteiger partial charge in [-0.1, -0.05) is 31.2 Å². The van der Waals surface area contributed by atoms with Gasteiger partial charge in [-0.25, -0.2) is 4.79 Å². The molecular weight excluding hydrogens is 236 g/mol. The molecule has 0 atom stereocenters. The Morgan fingerprint density at radius 3 is 2.11 bits per heavy atom. The molecule has 0 saturated carbocycles. The van der Waals surface area contributed by atoms with Crippen LogP contribution in [0.3, 0.4) is 0 Å². The summed E-state index contributed by atoms with van der Waals surface area (Å²) in [5.74, 6) is -2.02. The molecule has 5 heteroatoms. The van der Waals surface area contributed by atoms with Crippen molar-refractivity contribution in [2.24, 2.45) is 0 Å². The predicted octanol–water partition coefficient (Wildman–Crippen LogP) is 0.750. The third-order valence-corrected chi connectivity index (χ3v) is 3.06. The summed E-state index contributed by atoms with van der Waals surface area (Å²) in [6, 6.07) is 6.34. The minimum absolute atomic E-state index is 0.0467. The minimum Gasteiger partial charge on any atom is -0.440 e. The van der Waals surface area contributed by atoms with Gasteiger partial charge in [0.25, 0.3) is 0 Å². The van der Waals surface area contributed by atoms with Gasteiger partial charge in [-0.3, -0.25) is 9.59 Å². The Hall–Kier alpha value is -2.01. The molecule has 1 aromatic carbocycles. The third kappa shape index (κ3) is 1.55. The number of rotatable bonds is 3. The molecule has 1 aliphatic rings. The number of Topliss-reactive ketones (excluding diaryl/α,β-unsaturated/α-hetero) is 2. The van der Waals surface area contributed by atoms with Crippen molar-refractivity contribution in [3.8, 4) is 0 Å². The predicted molar refractivity (Wildman–Crippen MR) is 61.3 cm³/mol. The number of carbonyl (C=O) groups excluding carboxylic acids is 3. The van der Waals surface area contributed by atoms with Gasteiger partial charge in [0.2, 0.25) is 17.2 Å². The topological polar surface area (TPSA) is 80.7 Å². The molecule has 2 rings (SSSR count). The van der Waals surface area contributed by atoms with Crippen LogP contribution >= 0.6 is 0 Å². The van der Waals surface area contributed by atoms with Gasteiger partial charge in [0, 0.05) is 11.1 Å². The lowest BCUT2D eigenvalue weighted by atomic mass is 9.94. The molecule has 1 aromatic rings. The van der Waals surface area contributed by atoms with Crippen molar-refractivity contribution >= 4 is 17.5 Å². The lowest BCUT2D eigenvalue weighted by Gasteiger charge is -2.23. The zero-order valence-electron chi connectivity index (χ0n) is 9.80. The average Bonchev–Trinajstić information content (AvgIpc) is 2.62. The molecule has 18 heavy (non-hydrogen) atoms. The van der Waals surface area contributed by atoms with Gasteiger partial charge in [0.15, 0.2) is 0 Å². The summed E-state index contributed by atoms with van der Waals surface area (Å²) in [6.45, 7) is 0.727. The first-order chi connectivity index (χ1) is 8.56. The highest BCUT2D eigenvalue weighted by Gasteiger charge is 2.54. The third-order valence-electron chi connectivity index (χ3n) is 3.06. The Morgan fingerprint density at radius 1 is 1.22 bits per heavy atom. The van der Waals surface area contributed by atoms with Gasteiger partial charge in [-0.2, -0.15) is 0 Å². The first kappa shape index (κ1) is 12.4. The zero-order valence-corrected chi connectivity index (χ0v) is 9.80. The average molecular weight is 248 g/mol. The monoisotopic (exact) mass is 248 g/mol. The van der Waals surface area contributed by atoms with E-state index in [2.05, 4.69) is 0 Å². The smallest absolute Gasteiger partial charge is 0.333 e. The maximum Gasteiger partial charge on any atom is 0.333 e. The molecule has 0 saturated heterocycles. The van der Waals surface area contributed by atoms with Gasteiger partial charge >= 0.3 is 5.97 Å². The number of aliphatic hydroxyl groups excluding tert-OH is 1. The molecular formula is C13H12O5. The Labute approximate surface area is 103 Å². The van der Waals surface area contributed by atoms with Gasteiger partial charge in [-0.05, 0) is 6.42 Å². The summed E-state index contributed by atoms with van der Waals surface area (Å²) in [5, 5.41) is 8.70. The number of hydrogen-bond donors (Lipinski definition) is 1. The van der Waals surface area contributed by atoms with Crippen LogP contribution in [0.1, 0.15) is 34.1 Å². The van der Waals surface area contributed by atoms with Crippen LogP contribution in [0, 0.1) is 0 Å². The van der Waals surface area contributed by atoms with Crippen molar-refractivity contribution in [3.63, 3.8) is 0 Å². The Kier molecular flexibility index (Phi) is 3.00. The summed E-state index contributed by atoms with van der Waals surface area (Å²) in [4.78, 5) is 35.7. The van der Waals surface area contributed by atoms with Crippen LogP contribution in [0.2, 0.25) is 0 Å². The molecule has 0 spiro atoms. The second-order valence-electron chi connectivity index (χ2n) is 4.02. The van der Waals surface area contributed by atoms with Crippen molar-refractivity contribution in [2.75, 3.05) is 6.61 Å². The number of esters is 1. The number of benzene rings is 1. The highest BCUT2D eigenvalue weighted by Crippen LogP contribution is 2.35. The highest BCUT2D eigenvalue weighted by molar-refractivity contribution is 6.32. The van der Waals surface area contributed by atoms with Crippen LogP contribution in [-0.4, -0.2) is 34.9 Å². The van der Waals surface area contributed by atoms with E-state index in [9.17, 15) is 14.4 Å². The molecule has 0 aliphatic heterocycles. The molecule has 1 aliphatic carbocycles. The standard InChI is InChI=1S/C13H12O5/c1-2-13(18-10(15)7-14)11(16)8-5-3-4-6-9(8)12(13)17/h3-6,14H,2,7H2,1H3. The van der Waals surface area contributed by atoms with Crippen molar-refractivity contribution in [3.05, 3.63) is 35.4 Å². The summed E-state index contributed by atoms with van der Waals surface area (Å²) in [5.41, 5.74) is -1.28. The molecule has 0 aromatic heterocycles. The van der Waals surface area contributed by atoms with E-state index in [1.54, 1.807) is 19.1 Å². The largest absolute Gasteiger partial charge is 0.440 e. The second kappa shape index (κ2) is 4.34. The number of aliphatic hydroxyl groups is 1. The number of hydrogen-bond acceptors (Lipinski definition) is 5. The Morgan fingerprint density at radius 2 is 1.72 bits per heavy atom.